The number of hydrogen-bond donors (Lipinski definition) is 1. The van der Waals surface area contributed by atoms with Gasteiger partial charge in [0.2, 0.25) is 0 Å². The van der Waals surface area contributed by atoms with E-state index < -0.39 is 0 Å². The maximum absolute atomic E-state index is 6.11. The highest BCUT2D eigenvalue weighted by atomic mass is 16.5. The molecule has 0 bridgehead atoms. The van der Waals surface area contributed by atoms with Gasteiger partial charge in [-0.25, -0.2) is 0 Å². The predicted molar refractivity (Wildman–Crippen MR) is 71.0 cm³/mol. The van der Waals surface area contributed by atoms with E-state index in [1.807, 2.05) is 0 Å². The maximum Gasteiger partial charge on any atom is 0.0701 e. The highest BCUT2D eigenvalue weighted by molar-refractivity contribution is 4.81. The fraction of sp³-hybridized carbons (Fsp3) is 1.00. The third-order valence-corrected chi connectivity index (χ3v) is 4.39. The predicted octanol–water partition coefficient (Wildman–Crippen LogP) is 2.00. The largest absolute Gasteiger partial charge is 0.377 e. The van der Waals surface area contributed by atoms with Crippen LogP contribution in [0.4, 0.5) is 0 Å². The highest BCUT2D eigenvalue weighted by Gasteiger charge is 2.24. The zero-order valence-corrected chi connectivity index (χ0v) is 11.2. The number of hydrogen-bond acceptors (Lipinski definition) is 3. The molecule has 3 nitrogen and oxygen atoms in total. The first-order valence-electron chi connectivity index (χ1n) is 7.31. The Hall–Kier alpha value is -0.120. The summed E-state index contributed by atoms with van der Waals surface area (Å²) in [4.78, 5) is 2.43. The summed E-state index contributed by atoms with van der Waals surface area (Å²) in [6.45, 7) is 3.24. The Morgan fingerprint density at radius 3 is 2.71 bits per heavy atom. The Balaban J connectivity index is 1.61. The minimum Gasteiger partial charge on any atom is -0.377 e. The second-order valence-corrected chi connectivity index (χ2v) is 5.89. The quantitative estimate of drug-likeness (QED) is 0.799. The van der Waals surface area contributed by atoms with E-state index in [9.17, 15) is 0 Å². The second-order valence-electron chi connectivity index (χ2n) is 5.89. The van der Waals surface area contributed by atoms with Gasteiger partial charge < -0.3 is 15.4 Å². The van der Waals surface area contributed by atoms with Crippen LogP contribution in [0.5, 0.6) is 0 Å². The van der Waals surface area contributed by atoms with Gasteiger partial charge in [0.05, 0.1) is 6.10 Å². The van der Waals surface area contributed by atoms with E-state index >= 15 is 0 Å². The third kappa shape index (κ3) is 4.23. The summed E-state index contributed by atoms with van der Waals surface area (Å²) in [5.41, 5.74) is 6.11. The zero-order valence-electron chi connectivity index (χ0n) is 11.2. The average molecular weight is 240 g/mol. The van der Waals surface area contributed by atoms with Crippen molar-refractivity contribution in [3.05, 3.63) is 0 Å². The molecule has 0 aromatic heterocycles. The summed E-state index contributed by atoms with van der Waals surface area (Å²) < 4.78 is 5.78. The highest BCUT2D eigenvalue weighted by Crippen LogP contribution is 2.26. The smallest absolute Gasteiger partial charge is 0.0701 e. The topological polar surface area (TPSA) is 38.5 Å². The molecular formula is C14H28N2O. The van der Waals surface area contributed by atoms with Crippen LogP contribution in [0, 0.1) is 5.92 Å². The van der Waals surface area contributed by atoms with Crippen LogP contribution in [0.2, 0.25) is 0 Å². The lowest BCUT2D eigenvalue weighted by Gasteiger charge is -2.28. The van der Waals surface area contributed by atoms with Crippen molar-refractivity contribution in [3.8, 4) is 0 Å². The van der Waals surface area contributed by atoms with Crippen molar-refractivity contribution in [2.24, 2.45) is 11.7 Å². The number of ether oxygens (including phenoxy) is 1. The Morgan fingerprint density at radius 2 is 2.06 bits per heavy atom. The van der Waals surface area contributed by atoms with Gasteiger partial charge in [0.1, 0.15) is 0 Å². The lowest BCUT2D eigenvalue weighted by molar-refractivity contribution is -0.00210. The summed E-state index contributed by atoms with van der Waals surface area (Å²) in [5.74, 6) is 0.768. The molecule has 0 radical (unpaired) electrons. The molecule has 1 aliphatic carbocycles. The standard InChI is InChI=1S/C14H28N2O/c1-16(11-13-6-2-3-10-17-13)9-8-12-5-4-7-14(12)15/h12-14H,2-11,15H2,1H3. The summed E-state index contributed by atoms with van der Waals surface area (Å²) >= 11 is 0. The van der Waals surface area contributed by atoms with Gasteiger partial charge in [-0.15, -0.1) is 0 Å². The van der Waals surface area contributed by atoms with Crippen molar-refractivity contribution in [2.75, 3.05) is 26.7 Å². The minimum absolute atomic E-state index is 0.467. The van der Waals surface area contributed by atoms with E-state index in [2.05, 4.69) is 11.9 Å². The lowest BCUT2D eigenvalue weighted by atomic mass is 10.00. The third-order valence-electron chi connectivity index (χ3n) is 4.39. The van der Waals surface area contributed by atoms with E-state index in [0.29, 0.717) is 12.1 Å². The Morgan fingerprint density at radius 1 is 1.18 bits per heavy atom. The molecule has 2 fully saturated rings. The van der Waals surface area contributed by atoms with Gasteiger partial charge in [-0.05, 0) is 58.0 Å². The van der Waals surface area contributed by atoms with Crippen molar-refractivity contribution in [1.82, 2.24) is 4.90 Å². The van der Waals surface area contributed by atoms with Crippen molar-refractivity contribution < 1.29 is 4.74 Å². The number of nitrogens with two attached hydrogens (primary N) is 1. The van der Waals surface area contributed by atoms with Gasteiger partial charge in [-0.2, -0.15) is 0 Å². The molecule has 2 aliphatic rings. The van der Waals surface area contributed by atoms with Crippen LogP contribution in [0.3, 0.4) is 0 Å². The second kappa shape index (κ2) is 6.72. The van der Waals surface area contributed by atoms with Gasteiger partial charge in [0.15, 0.2) is 0 Å². The van der Waals surface area contributed by atoms with E-state index in [4.69, 9.17) is 10.5 Å². The molecule has 3 atom stereocenters. The molecular weight excluding hydrogens is 212 g/mol. The molecule has 100 valence electrons. The maximum atomic E-state index is 6.11. The molecule has 0 spiro atoms. The zero-order chi connectivity index (χ0) is 12.1. The fourth-order valence-corrected chi connectivity index (χ4v) is 3.20. The summed E-state index contributed by atoms with van der Waals surface area (Å²) in [7, 11) is 2.22. The average Bonchev–Trinajstić information content (AvgIpc) is 2.74. The van der Waals surface area contributed by atoms with Crippen molar-refractivity contribution in [2.45, 2.75) is 57.1 Å². The molecule has 1 saturated carbocycles. The monoisotopic (exact) mass is 240 g/mol. The Labute approximate surface area is 106 Å². The van der Waals surface area contributed by atoms with Gasteiger partial charge in [0, 0.05) is 19.2 Å². The van der Waals surface area contributed by atoms with Gasteiger partial charge in [-0.1, -0.05) is 6.42 Å². The van der Waals surface area contributed by atoms with Gasteiger partial charge in [0.25, 0.3) is 0 Å². The van der Waals surface area contributed by atoms with E-state index in [1.165, 1.54) is 51.5 Å². The fourth-order valence-electron chi connectivity index (χ4n) is 3.20. The van der Waals surface area contributed by atoms with Crippen molar-refractivity contribution in [1.29, 1.82) is 0 Å². The summed E-state index contributed by atoms with van der Waals surface area (Å²) in [5, 5.41) is 0. The molecule has 17 heavy (non-hydrogen) atoms. The Bertz CT molecular complexity index is 216. The molecule has 0 aromatic rings. The molecule has 0 aromatic carbocycles. The SMILES string of the molecule is CN(CCC1CCCC1N)CC1CCCCO1. The number of likely N-dealkylation sites (N-methyl/N-ethyl adjacent to an activating group) is 1. The molecule has 1 saturated heterocycles. The van der Waals surface area contributed by atoms with Crippen LogP contribution in [0.15, 0.2) is 0 Å². The molecule has 2 N–H and O–H groups in total. The first-order valence-corrected chi connectivity index (χ1v) is 7.31. The Kier molecular flexibility index (Phi) is 5.26. The molecule has 2 rings (SSSR count). The molecule has 1 aliphatic heterocycles. The van der Waals surface area contributed by atoms with Gasteiger partial charge >= 0.3 is 0 Å². The van der Waals surface area contributed by atoms with Crippen molar-refractivity contribution in [3.63, 3.8) is 0 Å². The first kappa shape index (κ1) is 13.3. The normalized spacial score (nSPS) is 34.4. The minimum atomic E-state index is 0.467. The van der Waals surface area contributed by atoms with Crippen LogP contribution >= 0.6 is 0 Å². The van der Waals surface area contributed by atoms with Gasteiger partial charge in [-0.3, -0.25) is 0 Å². The summed E-state index contributed by atoms with van der Waals surface area (Å²) in [6, 6.07) is 0.467. The van der Waals surface area contributed by atoms with E-state index in [-0.39, 0.29) is 0 Å². The lowest BCUT2D eigenvalue weighted by Crippen LogP contribution is -2.35. The van der Waals surface area contributed by atoms with Crippen LogP contribution in [0.1, 0.15) is 44.9 Å². The molecule has 3 heteroatoms. The van der Waals surface area contributed by atoms with E-state index in [0.717, 1.165) is 19.1 Å². The van der Waals surface area contributed by atoms with E-state index in [1.54, 1.807) is 0 Å². The van der Waals surface area contributed by atoms with Crippen LogP contribution < -0.4 is 5.73 Å². The number of nitrogens with zero attached hydrogens (tertiary/aromatic N) is 1. The first-order chi connectivity index (χ1) is 8.25. The molecule has 1 heterocycles. The van der Waals surface area contributed by atoms with Crippen LogP contribution in [0.25, 0.3) is 0 Å². The van der Waals surface area contributed by atoms with Crippen LogP contribution in [-0.2, 0) is 4.74 Å². The van der Waals surface area contributed by atoms with Crippen LogP contribution in [-0.4, -0.2) is 43.8 Å². The molecule has 3 unspecified atom stereocenters. The summed E-state index contributed by atoms with van der Waals surface area (Å²) in [6.07, 6.45) is 9.49. The molecule has 0 amide bonds. The number of rotatable bonds is 5. The van der Waals surface area contributed by atoms with Crippen molar-refractivity contribution >= 4 is 0 Å².